The summed E-state index contributed by atoms with van der Waals surface area (Å²) in [5.74, 6) is -0.838. The summed E-state index contributed by atoms with van der Waals surface area (Å²) in [5, 5.41) is 3.01. The molecule has 0 unspecified atom stereocenters. The number of carbonyl (C=O) groups excluding carboxylic acids is 1. The number of aryl methyl sites for hydroxylation is 1. The van der Waals surface area contributed by atoms with Crippen molar-refractivity contribution < 1.29 is 9.18 Å². The number of pyridine rings is 1. The lowest BCUT2D eigenvalue weighted by Crippen LogP contribution is -2.14. The van der Waals surface area contributed by atoms with E-state index in [-0.39, 0.29) is 5.56 Å². The van der Waals surface area contributed by atoms with Gasteiger partial charge in [0.05, 0.1) is 10.3 Å². The zero-order valence-electron chi connectivity index (χ0n) is 13.1. The Kier molecular flexibility index (Phi) is 3.58. The minimum absolute atomic E-state index is 0.218. The third-order valence-corrected chi connectivity index (χ3v) is 4.87. The highest BCUT2D eigenvalue weighted by Crippen LogP contribution is 2.24. The SMILES string of the molecule is Cc1cccn2c(=O)c3cc(C(=O)Nc4cccc(F)c4)sc3nc12. The molecule has 4 aromatic rings. The van der Waals surface area contributed by atoms with Gasteiger partial charge in [-0.15, -0.1) is 11.3 Å². The van der Waals surface area contributed by atoms with E-state index in [1.807, 2.05) is 13.0 Å². The average molecular weight is 353 g/mol. The molecule has 3 aromatic heterocycles. The Balaban J connectivity index is 1.80. The number of rotatable bonds is 2. The first kappa shape index (κ1) is 15.5. The van der Waals surface area contributed by atoms with Crippen LogP contribution in [0.25, 0.3) is 15.9 Å². The molecular weight excluding hydrogens is 341 g/mol. The molecule has 3 heterocycles. The van der Waals surface area contributed by atoms with Crippen LogP contribution in [0, 0.1) is 12.7 Å². The van der Waals surface area contributed by atoms with Gasteiger partial charge in [-0.25, -0.2) is 9.37 Å². The molecule has 25 heavy (non-hydrogen) atoms. The van der Waals surface area contributed by atoms with Gasteiger partial charge in [0.15, 0.2) is 0 Å². The number of carbonyl (C=O) groups is 1. The van der Waals surface area contributed by atoms with E-state index in [1.165, 1.54) is 28.7 Å². The second-order valence-electron chi connectivity index (χ2n) is 5.60. The molecule has 4 rings (SSSR count). The van der Waals surface area contributed by atoms with E-state index in [4.69, 9.17) is 0 Å². The van der Waals surface area contributed by atoms with E-state index in [2.05, 4.69) is 10.3 Å². The van der Waals surface area contributed by atoms with Crippen LogP contribution in [-0.2, 0) is 0 Å². The van der Waals surface area contributed by atoms with E-state index in [0.29, 0.717) is 26.4 Å². The summed E-state index contributed by atoms with van der Waals surface area (Å²) in [6.07, 6.45) is 1.65. The second kappa shape index (κ2) is 5.78. The summed E-state index contributed by atoms with van der Waals surface area (Å²) in [5.41, 5.74) is 1.58. The largest absolute Gasteiger partial charge is 0.321 e. The molecule has 1 N–H and O–H groups in total. The Morgan fingerprint density at radius 2 is 2.08 bits per heavy atom. The highest BCUT2D eigenvalue weighted by atomic mass is 32.1. The van der Waals surface area contributed by atoms with Crippen LogP contribution in [0.5, 0.6) is 0 Å². The number of hydrogen-bond donors (Lipinski definition) is 1. The standard InChI is InChI=1S/C18H12FN3O2S/c1-10-4-3-7-22-15(10)21-17-13(18(22)24)9-14(25-17)16(23)20-12-6-2-5-11(19)8-12/h2-9H,1H3,(H,20,23). The number of nitrogens with one attached hydrogen (secondary N) is 1. The van der Waals surface area contributed by atoms with E-state index in [9.17, 15) is 14.0 Å². The average Bonchev–Trinajstić information content (AvgIpc) is 3.01. The molecule has 0 radical (unpaired) electrons. The monoisotopic (exact) mass is 353 g/mol. The van der Waals surface area contributed by atoms with Gasteiger partial charge in [-0.3, -0.25) is 14.0 Å². The molecule has 0 aliphatic carbocycles. The van der Waals surface area contributed by atoms with Crippen LogP contribution in [0.3, 0.4) is 0 Å². The zero-order valence-corrected chi connectivity index (χ0v) is 13.9. The number of hydrogen-bond acceptors (Lipinski definition) is 4. The minimum Gasteiger partial charge on any atom is -0.321 e. The third-order valence-electron chi connectivity index (χ3n) is 3.84. The Bertz CT molecular complexity index is 1200. The summed E-state index contributed by atoms with van der Waals surface area (Å²) in [4.78, 5) is 30.4. The maximum Gasteiger partial charge on any atom is 0.266 e. The van der Waals surface area contributed by atoms with Gasteiger partial charge in [-0.1, -0.05) is 12.1 Å². The molecule has 0 fully saturated rings. The smallest absolute Gasteiger partial charge is 0.266 e. The van der Waals surface area contributed by atoms with Crippen LogP contribution in [0.1, 0.15) is 15.2 Å². The van der Waals surface area contributed by atoms with Crippen molar-refractivity contribution in [1.82, 2.24) is 9.38 Å². The predicted molar refractivity (Wildman–Crippen MR) is 95.9 cm³/mol. The van der Waals surface area contributed by atoms with Gasteiger partial charge in [0.25, 0.3) is 11.5 Å². The summed E-state index contributed by atoms with van der Waals surface area (Å²) >= 11 is 1.14. The number of fused-ring (bicyclic) bond motifs is 2. The van der Waals surface area contributed by atoms with Gasteiger partial charge < -0.3 is 5.32 Å². The van der Waals surface area contributed by atoms with Crippen molar-refractivity contribution in [1.29, 1.82) is 0 Å². The molecule has 0 atom stereocenters. The number of aromatic nitrogens is 2. The molecule has 0 aliphatic heterocycles. The molecule has 0 saturated carbocycles. The van der Waals surface area contributed by atoms with Crippen LogP contribution in [0.2, 0.25) is 0 Å². The Hall–Kier alpha value is -3.06. The van der Waals surface area contributed by atoms with Gasteiger partial charge in [-0.2, -0.15) is 0 Å². The lowest BCUT2D eigenvalue weighted by molar-refractivity contribution is 0.103. The fourth-order valence-electron chi connectivity index (χ4n) is 2.63. The summed E-state index contributed by atoms with van der Waals surface area (Å²) in [7, 11) is 0. The van der Waals surface area contributed by atoms with E-state index < -0.39 is 11.7 Å². The molecular formula is C18H12FN3O2S. The zero-order chi connectivity index (χ0) is 17.6. The Morgan fingerprint density at radius 3 is 2.88 bits per heavy atom. The first-order valence-corrected chi connectivity index (χ1v) is 8.33. The Labute approximate surface area is 145 Å². The van der Waals surface area contributed by atoms with Crippen molar-refractivity contribution in [2.24, 2.45) is 0 Å². The highest BCUT2D eigenvalue weighted by Gasteiger charge is 2.15. The summed E-state index contributed by atoms with van der Waals surface area (Å²) < 4.78 is 14.7. The molecule has 0 aliphatic rings. The molecule has 7 heteroatoms. The second-order valence-corrected chi connectivity index (χ2v) is 6.63. The van der Waals surface area contributed by atoms with Crippen LogP contribution in [0.4, 0.5) is 10.1 Å². The number of amides is 1. The minimum atomic E-state index is -0.434. The number of thiophene rings is 1. The van der Waals surface area contributed by atoms with Gasteiger partial charge >= 0.3 is 0 Å². The van der Waals surface area contributed by atoms with Crippen molar-refractivity contribution in [3.63, 3.8) is 0 Å². The van der Waals surface area contributed by atoms with Crippen molar-refractivity contribution in [2.75, 3.05) is 5.32 Å². The van der Waals surface area contributed by atoms with Crippen LogP contribution in [-0.4, -0.2) is 15.3 Å². The molecule has 1 aromatic carbocycles. The van der Waals surface area contributed by atoms with E-state index >= 15 is 0 Å². The predicted octanol–water partition coefficient (Wildman–Crippen LogP) is 3.61. The van der Waals surface area contributed by atoms with Crippen molar-refractivity contribution in [2.45, 2.75) is 6.92 Å². The van der Waals surface area contributed by atoms with Crippen molar-refractivity contribution in [3.8, 4) is 0 Å². The fraction of sp³-hybridized carbons (Fsp3) is 0.0556. The number of nitrogens with zero attached hydrogens (tertiary/aromatic N) is 2. The first-order valence-electron chi connectivity index (χ1n) is 7.51. The van der Waals surface area contributed by atoms with E-state index in [0.717, 1.165) is 16.9 Å². The number of halogens is 1. The lowest BCUT2D eigenvalue weighted by Gasteiger charge is -2.02. The number of benzene rings is 1. The summed E-state index contributed by atoms with van der Waals surface area (Å²) in [6, 6.07) is 10.8. The van der Waals surface area contributed by atoms with Gasteiger partial charge in [0.2, 0.25) is 0 Å². The van der Waals surface area contributed by atoms with Crippen molar-refractivity contribution in [3.05, 3.63) is 75.3 Å². The quantitative estimate of drug-likeness (QED) is 0.599. The Morgan fingerprint density at radius 1 is 1.24 bits per heavy atom. The third kappa shape index (κ3) is 2.68. The first-order chi connectivity index (χ1) is 12.0. The molecule has 124 valence electrons. The van der Waals surface area contributed by atoms with Crippen molar-refractivity contribution >= 4 is 38.8 Å². The lowest BCUT2D eigenvalue weighted by atomic mass is 10.2. The highest BCUT2D eigenvalue weighted by molar-refractivity contribution is 7.20. The van der Waals surface area contributed by atoms with E-state index in [1.54, 1.807) is 18.3 Å². The van der Waals surface area contributed by atoms with Gasteiger partial charge in [0, 0.05) is 11.9 Å². The normalized spacial score (nSPS) is 11.1. The van der Waals surface area contributed by atoms with Crippen LogP contribution in [0.15, 0.2) is 53.5 Å². The van der Waals surface area contributed by atoms with Crippen LogP contribution < -0.4 is 10.9 Å². The molecule has 0 spiro atoms. The van der Waals surface area contributed by atoms with Gasteiger partial charge in [0.1, 0.15) is 16.3 Å². The maximum atomic E-state index is 13.2. The molecule has 5 nitrogen and oxygen atoms in total. The van der Waals surface area contributed by atoms with Gasteiger partial charge in [-0.05, 0) is 42.8 Å². The molecule has 0 bridgehead atoms. The summed E-state index contributed by atoms with van der Waals surface area (Å²) in [6.45, 7) is 1.87. The molecule has 1 amide bonds. The fourth-order valence-corrected chi connectivity index (χ4v) is 3.55. The molecule has 0 saturated heterocycles. The number of anilines is 1. The van der Waals surface area contributed by atoms with Crippen LogP contribution >= 0.6 is 11.3 Å². The topological polar surface area (TPSA) is 63.5 Å². The maximum absolute atomic E-state index is 13.2.